The molecule has 2 aromatic carbocycles. The fraction of sp³-hybridized carbons (Fsp3) is 0.294. The number of hydrogen-bond acceptors (Lipinski definition) is 1. The van der Waals surface area contributed by atoms with Gasteiger partial charge in [-0.15, -0.1) is 0 Å². The molecule has 2 rings (SSSR count). The zero-order chi connectivity index (χ0) is 14.5. The number of rotatable bonds is 5. The van der Waals surface area contributed by atoms with Gasteiger partial charge in [0.15, 0.2) is 0 Å². The lowest BCUT2D eigenvalue weighted by atomic mass is 9.98. The summed E-state index contributed by atoms with van der Waals surface area (Å²) >= 11 is 6.27. The van der Waals surface area contributed by atoms with Gasteiger partial charge in [-0.2, -0.15) is 0 Å². The summed E-state index contributed by atoms with van der Waals surface area (Å²) in [6.07, 6.45) is 1.60. The molecular formula is C17H19ClFN. The summed E-state index contributed by atoms with van der Waals surface area (Å²) in [4.78, 5) is 0. The Hall–Kier alpha value is -1.38. The number of benzene rings is 2. The van der Waals surface area contributed by atoms with E-state index in [1.165, 1.54) is 6.07 Å². The second kappa shape index (κ2) is 6.87. The second-order valence-corrected chi connectivity index (χ2v) is 5.53. The summed E-state index contributed by atoms with van der Waals surface area (Å²) in [5.74, 6) is -0.189. The van der Waals surface area contributed by atoms with E-state index in [4.69, 9.17) is 11.6 Å². The molecule has 0 saturated heterocycles. The van der Waals surface area contributed by atoms with Gasteiger partial charge in [0.05, 0.1) is 0 Å². The first-order chi connectivity index (χ1) is 9.58. The Morgan fingerprint density at radius 1 is 1.15 bits per heavy atom. The smallest absolute Gasteiger partial charge is 0.123 e. The molecule has 0 aromatic heterocycles. The highest BCUT2D eigenvalue weighted by atomic mass is 35.5. The van der Waals surface area contributed by atoms with Crippen LogP contribution >= 0.6 is 11.6 Å². The SMILES string of the molecule is CNC(Cc1cccc(F)c1)Cc1ccc(C)cc1Cl. The molecule has 0 heterocycles. The van der Waals surface area contributed by atoms with Crippen molar-refractivity contribution in [3.8, 4) is 0 Å². The molecule has 0 saturated carbocycles. The topological polar surface area (TPSA) is 12.0 Å². The first-order valence-corrected chi connectivity index (χ1v) is 7.13. The first kappa shape index (κ1) is 15.0. The number of likely N-dealkylation sites (N-methyl/N-ethyl adjacent to an activating group) is 1. The third kappa shape index (κ3) is 4.06. The van der Waals surface area contributed by atoms with Crippen molar-refractivity contribution in [2.45, 2.75) is 25.8 Å². The van der Waals surface area contributed by atoms with Crippen molar-refractivity contribution in [2.75, 3.05) is 7.05 Å². The van der Waals surface area contributed by atoms with Crippen LogP contribution in [0.25, 0.3) is 0 Å². The molecule has 0 amide bonds. The lowest BCUT2D eigenvalue weighted by Gasteiger charge is -2.17. The van der Waals surface area contributed by atoms with E-state index in [-0.39, 0.29) is 11.9 Å². The maximum Gasteiger partial charge on any atom is 0.123 e. The summed E-state index contributed by atoms with van der Waals surface area (Å²) in [5, 5.41) is 4.08. The third-order valence-corrected chi connectivity index (χ3v) is 3.81. The molecule has 0 aliphatic heterocycles. The summed E-state index contributed by atoms with van der Waals surface area (Å²) in [7, 11) is 1.92. The Morgan fingerprint density at radius 3 is 2.60 bits per heavy atom. The van der Waals surface area contributed by atoms with E-state index in [0.29, 0.717) is 0 Å². The van der Waals surface area contributed by atoms with Crippen LogP contribution in [0.5, 0.6) is 0 Å². The summed E-state index contributed by atoms with van der Waals surface area (Å²) in [6.45, 7) is 2.03. The van der Waals surface area contributed by atoms with E-state index in [1.807, 2.05) is 26.1 Å². The van der Waals surface area contributed by atoms with E-state index in [2.05, 4.69) is 17.4 Å². The van der Waals surface area contributed by atoms with Crippen molar-refractivity contribution in [2.24, 2.45) is 0 Å². The van der Waals surface area contributed by atoms with E-state index < -0.39 is 0 Å². The van der Waals surface area contributed by atoms with Crippen molar-refractivity contribution in [1.82, 2.24) is 5.32 Å². The van der Waals surface area contributed by atoms with Gasteiger partial charge in [-0.05, 0) is 61.7 Å². The fourth-order valence-electron chi connectivity index (χ4n) is 2.31. The van der Waals surface area contributed by atoms with Gasteiger partial charge >= 0.3 is 0 Å². The molecule has 20 heavy (non-hydrogen) atoms. The van der Waals surface area contributed by atoms with Gasteiger partial charge in [-0.25, -0.2) is 4.39 Å². The normalized spacial score (nSPS) is 12.4. The molecule has 0 aliphatic carbocycles. The molecule has 0 aliphatic rings. The molecule has 3 heteroatoms. The average Bonchev–Trinajstić information content (AvgIpc) is 2.41. The van der Waals surface area contributed by atoms with Gasteiger partial charge < -0.3 is 5.32 Å². The number of halogens is 2. The van der Waals surface area contributed by atoms with Gasteiger partial charge in [-0.1, -0.05) is 35.9 Å². The lowest BCUT2D eigenvalue weighted by molar-refractivity contribution is 0.553. The number of hydrogen-bond donors (Lipinski definition) is 1. The minimum absolute atomic E-state index is 0.189. The predicted molar refractivity (Wildman–Crippen MR) is 82.8 cm³/mol. The molecule has 0 spiro atoms. The van der Waals surface area contributed by atoms with Crippen molar-refractivity contribution in [1.29, 1.82) is 0 Å². The van der Waals surface area contributed by atoms with E-state index in [1.54, 1.807) is 12.1 Å². The lowest BCUT2D eigenvalue weighted by Crippen LogP contribution is -2.30. The van der Waals surface area contributed by atoms with Crippen LogP contribution in [0.3, 0.4) is 0 Å². The Morgan fingerprint density at radius 2 is 1.95 bits per heavy atom. The van der Waals surface area contributed by atoms with Gasteiger partial charge in [0.25, 0.3) is 0 Å². The van der Waals surface area contributed by atoms with E-state index in [0.717, 1.165) is 34.6 Å². The van der Waals surface area contributed by atoms with Gasteiger partial charge in [0.1, 0.15) is 5.82 Å². The highest BCUT2D eigenvalue weighted by Gasteiger charge is 2.11. The van der Waals surface area contributed by atoms with E-state index in [9.17, 15) is 4.39 Å². The second-order valence-electron chi connectivity index (χ2n) is 5.12. The Bertz CT molecular complexity index is 583. The molecule has 1 atom stereocenters. The van der Waals surface area contributed by atoms with Crippen molar-refractivity contribution < 1.29 is 4.39 Å². The minimum atomic E-state index is -0.189. The molecule has 1 N–H and O–H groups in total. The number of nitrogens with one attached hydrogen (secondary N) is 1. The molecule has 0 fully saturated rings. The summed E-state index contributed by atoms with van der Waals surface area (Å²) in [6, 6.07) is 13.1. The van der Waals surface area contributed by atoms with Gasteiger partial charge in [0.2, 0.25) is 0 Å². The predicted octanol–water partition coefficient (Wildman–Crippen LogP) is 4.16. The van der Waals surface area contributed by atoms with Crippen molar-refractivity contribution >= 4 is 11.6 Å². The molecule has 106 valence electrons. The summed E-state index contributed by atoms with van der Waals surface area (Å²) < 4.78 is 13.2. The van der Waals surface area contributed by atoms with Crippen LogP contribution in [0.15, 0.2) is 42.5 Å². The average molecular weight is 292 g/mol. The highest BCUT2D eigenvalue weighted by Crippen LogP contribution is 2.20. The third-order valence-electron chi connectivity index (χ3n) is 3.45. The molecule has 0 bridgehead atoms. The zero-order valence-corrected chi connectivity index (χ0v) is 12.5. The molecule has 1 unspecified atom stereocenters. The van der Waals surface area contributed by atoms with Crippen LogP contribution in [0.2, 0.25) is 5.02 Å². The van der Waals surface area contributed by atoms with Crippen LogP contribution in [0.1, 0.15) is 16.7 Å². The molecule has 1 nitrogen and oxygen atoms in total. The van der Waals surface area contributed by atoms with Gasteiger partial charge in [0, 0.05) is 11.1 Å². The summed E-state index contributed by atoms with van der Waals surface area (Å²) in [5.41, 5.74) is 3.27. The molecular weight excluding hydrogens is 273 g/mol. The Balaban J connectivity index is 2.09. The largest absolute Gasteiger partial charge is 0.316 e. The van der Waals surface area contributed by atoms with Crippen LogP contribution in [-0.4, -0.2) is 13.1 Å². The standard InChI is InChI=1S/C17H19ClFN/c1-12-6-7-14(17(18)8-12)11-16(20-2)10-13-4-3-5-15(19)9-13/h3-9,16,20H,10-11H2,1-2H3. The van der Waals surface area contributed by atoms with Crippen LogP contribution < -0.4 is 5.32 Å². The molecule has 2 aromatic rings. The van der Waals surface area contributed by atoms with Crippen LogP contribution in [0.4, 0.5) is 4.39 Å². The number of aryl methyl sites for hydroxylation is 1. The Kier molecular flexibility index (Phi) is 5.16. The quantitative estimate of drug-likeness (QED) is 0.872. The molecule has 0 radical (unpaired) electrons. The maximum absolute atomic E-state index is 13.2. The van der Waals surface area contributed by atoms with E-state index >= 15 is 0 Å². The minimum Gasteiger partial charge on any atom is -0.316 e. The van der Waals surface area contributed by atoms with Crippen molar-refractivity contribution in [3.63, 3.8) is 0 Å². The highest BCUT2D eigenvalue weighted by molar-refractivity contribution is 6.31. The van der Waals surface area contributed by atoms with Crippen LogP contribution in [0, 0.1) is 12.7 Å². The van der Waals surface area contributed by atoms with Gasteiger partial charge in [-0.3, -0.25) is 0 Å². The first-order valence-electron chi connectivity index (χ1n) is 6.75. The zero-order valence-electron chi connectivity index (χ0n) is 11.8. The monoisotopic (exact) mass is 291 g/mol. The maximum atomic E-state index is 13.2. The fourth-order valence-corrected chi connectivity index (χ4v) is 2.62. The van der Waals surface area contributed by atoms with Crippen LogP contribution in [-0.2, 0) is 12.8 Å². The Labute approximate surface area is 124 Å². The van der Waals surface area contributed by atoms with Crippen molar-refractivity contribution in [3.05, 3.63) is 70.0 Å².